The lowest BCUT2D eigenvalue weighted by atomic mass is 9.44. The summed E-state index contributed by atoms with van der Waals surface area (Å²) in [6, 6.07) is 0. The topological polar surface area (TPSA) is 414 Å². The monoisotopic (exact) mass is 1200 g/mol. The van der Waals surface area contributed by atoms with Gasteiger partial charge in [0.05, 0.1) is 51.8 Å². The van der Waals surface area contributed by atoms with E-state index in [1.54, 1.807) is 0 Å². The zero-order valence-electron chi connectivity index (χ0n) is 47.5. The van der Waals surface area contributed by atoms with Crippen LogP contribution < -0.4 is 0 Å². The van der Waals surface area contributed by atoms with E-state index in [0.717, 1.165) is 58.0 Å². The molecule has 27 heteroatoms. The molecule has 0 aromatic carbocycles. The summed E-state index contributed by atoms with van der Waals surface area (Å²) in [5, 5.41) is 164. The molecule has 15 N–H and O–H groups in total. The van der Waals surface area contributed by atoms with Crippen molar-refractivity contribution in [1.29, 1.82) is 0 Å². The van der Waals surface area contributed by atoms with Gasteiger partial charge >= 0.3 is 0 Å². The summed E-state index contributed by atoms with van der Waals surface area (Å²) in [6.45, 7) is 6.14. The summed E-state index contributed by atoms with van der Waals surface area (Å²) in [5.74, 6) is 2.83. The Bertz CT molecular complexity index is 2140. The molecule has 0 radical (unpaired) electrons. The van der Waals surface area contributed by atoms with Gasteiger partial charge in [-0.1, -0.05) is 27.7 Å². The van der Waals surface area contributed by atoms with E-state index in [1.807, 2.05) is 0 Å². The van der Waals surface area contributed by atoms with Crippen molar-refractivity contribution in [3.8, 4) is 0 Å². The Morgan fingerprint density at radius 1 is 0.446 bits per heavy atom. The van der Waals surface area contributed by atoms with E-state index in [4.69, 9.17) is 56.8 Å². The van der Waals surface area contributed by atoms with Crippen molar-refractivity contribution in [3.63, 3.8) is 0 Å². The molecule has 7 heterocycles. The maximum Gasteiger partial charge on any atom is 0.187 e. The van der Waals surface area contributed by atoms with Crippen molar-refractivity contribution in [1.82, 2.24) is 0 Å². The highest BCUT2D eigenvalue weighted by atomic mass is 16.8. The molecule has 11 aliphatic rings. The molecule has 0 amide bonds. The predicted molar refractivity (Wildman–Crippen MR) is 275 cm³/mol. The van der Waals surface area contributed by atoms with Gasteiger partial charge in [0.15, 0.2) is 37.2 Å². The Labute approximate surface area is 481 Å². The van der Waals surface area contributed by atoms with Crippen molar-refractivity contribution in [2.24, 2.45) is 52.3 Å². The third-order valence-corrected chi connectivity index (χ3v) is 22.1. The summed E-state index contributed by atoms with van der Waals surface area (Å²) in [4.78, 5) is 0. The van der Waals surface area contributed by atoms with Gasteiger partial charge in [-0.3, -0.25) is 0 Å². The van der Waals surface area contributed by atoms with Crippen LogP contribution in [0.1, 0.15) is 91.9 Å². The molecule has 4 aliphatic carbocycles. The van der Waals surface area contributed by atoms with Gasteiger partial charge in [-0.25, -0.2) is 0 Å². The zero-order valence-corrected chi connectivity index (χ0v) is 47.5. The molecule has 4 saturated carbocycles. The number of ether oxygens (including phenoxy) is 12. The number of hydrogen-bond acceptors (Lipinski definition) is 27. The van der Waals surface area contributed by atoms with Crippen LogP contribution in [0, 0.1) is 52.3 Å². The van der Waals surface area contributed by atoms with Crippen molar-refractivity contribution in [3.05, 3.63) is 0 Å². The minimum absolute atomic E-state index is 0.0494. The molecule has 27 nitrogen and oxygen atoms in total. The Balaban J connectivity index is 0.782. The third kappa shape index (κ3) is 11.2. The van der Waals surface area contributed by atoms with E-state index in [-0.39, 0.29) is 23.0 Å². The SMILES string of the molecule is CC1C2C(C[C@H]3[C@@H]4CC[C@H]5C[C@@H](O[C@@H]6O[C@H](CO)[C@H](O[C@@H]7O[C@H](CO)[C@@H](O)[C@H](O[C@@H]8O[C@H](CO)[C@@H](O)[C@H](O[C@@H]9OC[C@@H](O)[C@H](O)[C@H]9O)[C@H]8O)[C@H]7O[C@@H]7O[C@H](CO)[C@@H](O)[C@H](O)[C@H]7O)[C@H](O)[C@H]6O)CC[C@]5(C)[C@H]4CC[C@]23C)O[C@]12CC[C@@H](C)CO2. The fraction of sp³-hybridized carbons (Fsp3) is 1.00. The fourth-order valence-electron chi connectivity index (χ4n) is 17.4. The quantitative estimate of drug-likeness (QED) is 0.0730. The van der Waals surface area contributed by atoms with Crippen LogP contribution in [0.5, 0.6) is 0 Å². The van der Waals surface area contributed by atoms with Crippen molar-refractivity contribution in [2.75, 3.05) is 39.6 Å². The van der Waals surface area contributed by atoms with Crippen LogP contribution in [0.15, 0.2) is 0 Å². The molecule has 3 unspecified atom stereocenters. The molecule has 83 heavy (non-hydrogen) atoms. The first kappa shape index (κ1) is 63.5. The normalized spacial score (nSPS) is 57.4. The first-order valence-corrected chi connectivity index (χ1v) is 30.3. The van der Waals surface area contributed by atoms with E-state index >= 15 is 0 Å². The van der Waals surface area contributed by atoms with Gasteiger partial charge in [-0.15, -0.1) is 0 Å². The van der Waals surface area contributed by atoms with E-state index in [0.29, 0.717) is 54.3 Å². The summed E-state index contributed by atoms with van der Waals surface area (Å²) in [7, 11) is 0. The van der Waals surface area contributed by atoms with E-state index in [1.165, 1.54) is 0 Å². The van der Waals surface area contributed by atoms with Gasteiger partial charge in [-0.05, 0) is 104 Å². The lowest BCUT2D eigenvalue weighted by Crippen LogP contribution is -2.69. The number of fused-ring (bicyclic) bond motifs is 7. The number of aliphatic hydroxyl groups excluding tert-OH is 15. The summed E-state index contributed by atoms with van der Waals surface area (Å²) in [5.41, 5.74) is 0.220. The molecule has 36 atom stereocenters. The van der Waals surface area contributed by atoms with E-state index in [2.05, 4.69) is 27.7 Å². The number of hydrogen-bond donors (Lipinski definition) is 15. The average Bonchev–Trinajstić information content (AvgIpc) is 2.50. The van der Waals surface area contributed by atoms with Gasteiger partial charge in [0.25, 0.3) is 0 Å². The van der Waals surface area contributed by atoms with Crippen LogP contribution in [0.2, 0.25) is 0 Å². The van der Waals surface area contributed by atoms with Gasteiger partial charge in [0.1, 0.15) is 116 Å². The lowest BCUT2D eigenvalue weighted by Gasteiger charge is -2.61. The van der Waals surface area contributed by atoms with Crippen molar-refractivity contribution in [2.45, 2.75) is 257 Å². The summed E-state index contributed by atoms with van der Waals surface area (Å²) in [6.07, 6.45) is -34.6. The van der Waals surface area contributed by atoms with E-state index < -0.39 is 186 Å². The Kier molecular flexibility index (Phi) is 19.1. The average molecular weight is 1200 g/mol. The molecule has 7 saturated heterocycles. The molecule has 478 valence electrons. The van der Waals surface area contributed by atoms with E-state index in [9.17, 15) is 76.6 Å². The largest absolute Gasteiger partial charge is 0.394 e. The number of rotatable bonds is 14. The van der Waals surface area contributed by atoms with Gasteiger partial charge < -0.3 is 133 Å². The molecule has 0 aromatic heterocycles. The lowest BCUT2D eigenvalue weighted by molar-refractivity contribution is -0.410. The molecule has 11 rings (SSSR count). The van der Waals surface area contributed by atoms with Crippen LogP contribution in [0.3, 0.4) is 0 Å². The second kappa shape index (κ2) is 25.0. The Hall–Kier alpha value is -1.08. The molecule has 1 spiro atoms. The molecule has 11 fully saturated rings. The molecule has 7 aliphatic heterocycles. The second-order valence-corrected chi connectivity index (χ2v) is 26.7. The maximum atomic E-state index is 12.0. The van der Waals surface area contributed by atoms with Crippen molar-refractivity contribution >= 4 is 0 Å². The first-order chi connectivity index (χ1) is 39.5. The zero-order chi connectivity index (χ0) is 59.4. The van der Waals surface area contributed by atoms with Crippen molar-refractivity contribution < 1.29 is 133 Å². The first-order valence-electron chi connectivity index (χ1n) is 30.3. The van der Waals surface area contributed by atoms with Gasteiger partial charge in [0, 0.05) is 12.3 Å². The second-order valence-electron chi connectivity index (χ2n) is 26.7. The van der Waals surface area contributed by atoms with Crippen LogP contribution in [-0.4, -0.2) is 282 Å². The molecule has 0 aromatic rings. The molecular formula is C56H92O27. The fourth-order valence-corrected chi connectivity index (χ4v) is 17.4. The standard InChI is InChI=1S/C56H92O27/c1-21-7-12-56(73-19-21)22(2)34-29(83-56)14-27-25-6-5-23-13-24(8-10-54(23,3)26(25)9-11-55(27,34)4)74-50-43(70)40(67)45(33(18-60)78-50)79-53-48(82-51-42(69)39(66)36(63)30(15-57)75-51)47(38(65)32(17-59)77-53)81-52-44(71)46(37(64)31(16-58)76-52)80-49-41(68)35(62)28(61)20-72-49/h21-53,57-71H,5-20H2,1-4H3/t21-,22?,23+,24+,25-,26+,27+,28-,29?,30-,31-,32-,33-,34?,35+,36-,37-,38-,39+,40-,41-,42-,43-,44-,45+,46+,47+,48-,49+,50-,51+,52+,53+,54+,55+,56-/m1/s1. The smallest absolute Gasteiger partial charge is 0.187 e. The van der Waals surface area contributed by atoms with Crippen LogP contribution >= 0.6 is 0 Å². The molecule has 0 bridgehead atoms. The summed E-state index contributed by atoms with van der Waals surface area (Å²) < 4.78 is 73.3. The number of aliphatic hydroxyl groups is 15. The van der Waals surface area contributed by atoms with Crippen LogP contribution in [-0.2, 0) is 56.8 Å². The van der Waals surface area contributed by atoms with Gasteiger partial charge in [0.2, 0.25) is 0 Å². The predicted octanol–water partition coefficient (Wildman–Crippen LogP) is -4.45. The van der Waals surface area contributed by atoms with Crippen LogP contribution in [0.25, 0.3) is 0 Å². The highest BCUT2D eigenvalue weighted by Crippen LogP contribution is 2.71. The molecular weight excluding hydrogens is 1100 g/mol. The Morgan fingerprint density at radius 3 is 1.69 bits per heavy atom. The maximum absolute atomic E-state index is 12.0. The minimum Gasteiger partial charge on any atom is -0.394 e. The minimum atomic E-state index is -2.13. The van der Waals surface area contributed by atoms with Gasteiger partial charge in [-0.2, -0.15) is 0 Å². The third-order valence-electron chi connectivity index (χ3n) is 22.1. The highest BCUT2D eigenvalue weighted by Gasteiger charge is 2.70. The van der Waals surface area contributed by atoms with Crippen LogP contribution in [0.4, 0.5) is 0 Å². The highest BCUT2D eigenvalue weighted by molar-refractivity contribution is 5.16. The Morgan fingerprint density at radius 2 is 1.01 bits per heavy atom. The summed E-state index contributed by atoms with van der Waals surface area (Å²) >= 11 is 0.